The van der Waals surface area contributed by atoms with E-state index in [-0.39, 0.29) is 0 Å². The Labute approximate surface area is 118 Å². The number of rotatable bonds is 3. The monoisotopic (exact) mass is 293 g/mol. The minimum atomic E-state index is -1.28. The van der Waals surface area contributed by atoms with Crippen molar-refractivity contribution in [1.82, 2.24) is 0 Å². The summed E-state index contributed by atoms with van der Waals surface area (Å²) in [6.07, 6.45) is 0. The van der Waals surface area contributed by atoms with E-state index in [0.717, 1.165) is 10.4 Å². The van der Waals surface area contributed by atoms with Gasteiger partial charge in [-0.3, -0.25) is 5.41 Å². The molecule has 0 aliphatic carbocycles. The van der Waals surface area contributed by atoms with Crippen LogP contribution in [0.4, 0.5) is 0 Å². The highest BCUT2D eigenvalue weighted by molar-refractivity contribution is 7.27. The van der Waals surface area contributed by atoms with Gasteiger partial charge in [0.05, 0.1) is 18.7 Å². The molecule has 0 radical (unpaired) electrons. The molecule has 4 heteroatoms. The first kappa shape index (κ1) is 13.5. The van der Waals surface area contributed by atoms with Crippen LogP contribution in [0.3, 0.4) is 0 Å². The Morgan fingerprint density at radius 1 is 1.11 bits per heavy atom. The number of hydrogen-bond acceptors (Lipinski definition) is 2. The number of hydrogen-bond donors (Lipinski definition) is 1. The van der Waals surface area contributed by atoms with E-state index in [1.165, 1.54) is 4.50 Å². The molecular formula is C14H16ClNSSi. The van der Waals surface area contributed by atoms with Crippen LogP contribution in [0.1, 0.15) is 10.4 Å². The molecule has 0 aliphatic rings. The van der Waals surface area contributed by atoms with E-state index < -0.39 is 8.07 Å². The normalized spacial score (nSPS) is 11.6. The van der Waals surface area contributed by atoms with E-state index in [2.05, 4.69) is 25.7 Å². The maximum absolute atomic E-state index is 8.27. The third-order valence-electron chi connectivity index (χ3n) is 2.73. The summed E-state index contributed by atoms with van der Waals surface area (Å²) in [4.78, 5) is 1.00. The van der Waals surface area contributed by atoms with Gasteiger partial charge in [0.1, 0.15) is 0 Å². The Hall–Kier alpha value is -0.903. The van der Waals surface area contributed by atoms with Crippen molar-refractivity contribution in [2.45, 2.75) is 19.6 Å². The van der Waals surface area contributed by atoms with Crippen LogP contribution in [-0.4, -0.2) is 13.8 Å². The molecule has 0 saturated heterocycles. The SMILES string of the molecule is C[Si](C)(C)c1ccc(C(=N)c2ccccc2Cl)s1. The molecule has 94 valence electrons. The molecule has 2 aromatic rings. The molecule has 0 amide bonds. The van der Waals surface area contributed by atoms with Crippen molar-refractivity contribution in [3.63, 3.8) is 0 Å². The first-order valence-electron chi connectivity index (χ1n) is 5.84. The fourth-order valence-electron chi connectivity index (χ4n) is 1.67. The summed E-state index contributed by atoms with van der Waals surface area (Å²) < 4.78 is 1.43. The van der Waals surface area contributed by atoms with E-state index in [9.17, 15) is 0 Å². The zero-order valence-corrected chi connectivity index (χ0v) is 13.3. The molecule has 1 nitrogen and oxygen atoms in total. The van der Waals surface area contributed by atoms with Crippen LogP contribution < -0.4 is 4.50 Å². The second kappa shape index (κ2) is 5.00. The summed E-state index contributed by atoms with van der Waals surface area (Å²) in [5, 5.41) is 8.91. The van der Waals surface area contributed by atoms with E-state index in [4.69, 9.17) is 17.0 Å². The topological polar surface area (TPSA) is 23.9 Å². The summed E-state index contributed by atoms with van der Waals surface area (Å²) in [5.41, 5.74) is 1.33. The van der Waals surface area contributed by atoms with Crippen LogP contribution in [0.5, 0.6) is 0 Å². The van der Waals surface area contributed by atoms with Crippen molar-refractivity contribution in [2.24, 2.45) is 0 Å². The molecule has 1 N–H and O–H groups in total. The average Bonchev–Trinajstić information content (AvgIpc) is 2.77. The van der Waals surface area contributed by atoms with Gasteiger partial charge in [-0.25, -0.2) is 0 Å². The quantitative estimate of drug-likeness (QED) is 0.642. The third-order valence-corrected chi connectivity index (χ3v) is 7.77. The molecule has 1 aromatic carbocycles. The van der Waals surface area contributed by atoms with Crippen LogP contribution >= 0.6 is 22.9 Å². The summed E-state index contributed by atoms with van der Waals surface area (Å²) in [6.45, 7) is 6.96. The fraction of sp³-hybridized carbons (Fsp3) is 0.214. The summed E-state index contributed by atoms with van der Waals surface area (Å²) >= 11 is 7.87. The predicted octanol–water partition coefficient (Wildman–Crippen LogP) is 4.36. The number of thiophene rings is 1. The van der Waals surface area contributed by atoms with Gasteiger partial charge in [-0.2, -0.15) is 0 Å². The summed E-state index contributed by atoms with van der Waals surface area (Å²) in [6, 6.07) is 11.8. The van der Waals surface area contributed by atoms with Crippen molar-refractivity contribution in [3.05, 3.63) is 51.9 Å². The van der Waals surface area contributed by atoms with Gasteiger partial charge >= 0.3 is 0 Å². The van der Waals surface area contributed by atoms with Crippen LogP contribution in [0, 0.1) is 5.41 Å². The number of nitrogens with one attached hydrogen (secondary N) is 1. The highest BCUT2D eigenvalue weighted by Crippen LogP contribution is 2.22. The number of halogens is 1. The molecular weight excluding hydrogens is 278 g/mol. The van der Waals surface area contributed by atoms with Gasteiger partial charge in [-0.15, -0.1) is 11.3 Å². The highest BCUT2D eigenvalue weighted by atomic mass is 35.5. The second-order valence-electron chi connectivity index (χ2n) is 5.27. The zero-order valence-electron chi connectivity index (χ0n) is 10.8. The Morgan fingerprint density at radius 3 is 2.33 bits per heavy atom. The largest absolute Gasteiger partial charge is 0.299 e. The Bertz CT molecular complexity index is 583. The summed E-state index contributed by atoms with van der Waals surface area (Å²) in [5.74, 6) is 0. The fourth-order valence-corrected chi connectivity index (χ4v) is 4.76. The molecule has 0 spiro atoms. The first-order chi connectivity index (χ1) is 8.39. The lowest BCUT2D eigenvalue weighted by atomic mass is 10.1. The molecule has 1 aromatic heterocycles. The van der Waals surface area contributed by atoms with Crippen molar-refractivity contribution in [3.8, 4) is 0 Å². The van der Waals surface area contributed by atoms with Crippen LogP contribution in [0.15, 0.2) is 36.4 Å². The Kier molecular flexibility index (Phi) is 3.75. The minimum absolute atomic E-state index is 0.523. The first-order valence-corrected chi connectivity index (χ1v) is 10.5. The Morgan fingerprint density at radius 2 is 1.78 bits per heavy atom. The van der Waals surface area contributed by atoms with E-state index >= 15 is 0 Å². The minimum Gasteiger partial charge on any atom is -0.299 e. The van der Waals surface area contributed by atoms with Gasteiger partial charge in [0, 0.05) is 10.6 Å². The number of benzene rings is 1. The van der Waals surface area contributed by atoms with Crippen LogP contribution in [-0.2, 0) is 0 Å². The van der Waals surface area contributed by atoms with Gasteiger partial charge in [0.25, 0.3) is 0 Å². The molecule has 0 unspecified atom stereocenters. The standard InChI is InChI=1S/C14H16ClNSSi/c1-18(2,3)13-9-8-12(17-13)14(16)10-6-4-5-7-11(10)15/h4-9,16H,1-3H3. The van der Waals surface area contributed by atoms with Gasteiger partial charge < -0.3 is 0 Å². The highest BCUT2D eigenvalue weighted by Gasteiger charge is 2.20. The van der Waals surface area contributed by atoms with Gasteiger partial charge in [-0.05, 0) is 16.6 Å². The molecule has 1 heterocycles. The molecule has 0 aliphatic heterocycles. The van der Waals surface area contributed by atoms with Crippen LogP contribution in [0.25, 0.3) is 0 Å². The van der Waals surface area contributed by atoms with Crippen molar-refractivity contribution < 1.29 is 0 Å². The lowest BCUT2D eigenvalue weighted by molar-refractivity contribution is 1.48. The van der Waals surface area contributed by atoms with Crippen molar-refractivity contribution in [2.75, 3.05) is 0 Å². The van der Waals surface area contributed by atoms with Crippen molar-refractivity contribution >= 4 is 41.2 Å². The lowest BCUT2D eigenvalue weighted by Crippen LogP contribution is -2.34. The molecule has 0 fully saturated rings. The smallest absolute Gasteiger partial charge is 0.0904 e. The van der Waals surface area contributed by atoms with Crippen LogP contribution in [0.2, 0.25) is 24.7 Å². The van der Waals surface area contributed by atoms with Gasteiger partial charge in [0.15, 0.2) is 0 Å². The van der Waals surface area contributed by atoms with E-state index in [1.807, 2.05) is 30.3 Å². The zero-order chi connectivity index (χ0) is 13.3. The second-order valence-corrected chi connectivity index (χ2v) is 12.2. The summed E-state index contributed by atoms with van der Waals surface area (Å²) in [7, 11) is -1.28. The maximum atomic E-state index is 8.27. The maximum Gasteiger partial charge on any atom is 0.0904 e. The molecule has 0 atom stereocenters. The van der Waals surface area contributed by atoms with Gasteiger partial charge in [-0.1, -0.05) is 55.5 Å². The molecule has 0 bridgehead atoms. The third kappa shape index (κ3) is 2.74. The molecule has 2 rings (SSSR count). The lowest BCUT2D eigenvalue weighted by Gasteiger charge is -2.12. The van der Waals surface area contributed by atoms with Crippen molar-refractivity contribution in [1.29, 1.82) is 5.41 Å². The van der Waals surface area contributed by atoms with Gasteiger partial charge in [0.2, 0.25) is 0 Å². The predicted molar refractivity (Wildman–Crippen MR) is 84.7 cm³/mol. The molecule has 18 heavy (non-hydrogen) atoms. The molecule has 0 saturated carbocycles. The average molecular weight is 294 g/mol. The van der Waals surface area contributed by atoms with E-state index in [1.54, 1.807) is 11.3 Å². The van der Waals surface area contributed by atoms with E-state index in [0.29, 0.717) is 10.7 Å². The Balaban J connectivity index is 2.36.